The standard InChI is InChI=1S/C11H16N2O/c1-13-10(12)6-9(7-11(13)14)8-4-2-3-5-8/h6-8H,2-5,12H2,1H3. The minimum Gasteiger partial charge on any atom is -0.385 e. The molecule has 0 spiro atoms. The number of nitrogens with two attached hydrogens (primary N) is 1. The zero-order valence-electron chi connectivity index (χ0n) is 8.49. The van der Waals surface area contributed by atoms with Crippen LogP contribution in [-0.2, 0) is 7.05 Å². The van der Waals surface area contributed by atoms with Gasteiger partial charge in [-0.05, 0) is 30.4 Å². The van der Waals surface area contributed by atoms with Gasteiger partial charge in [-0.2, -0.15) is 0 Å². The zero-order chi connectivity index (χ0) is 10.1. The summed E-state index contributed by atoms with van der Waals surface area (Å²) in [4.78, 5) is 11.5. The molecule has 1 aromatic heterocycles. The van der Waals surface area contributed by atoms with Gasteiger partial charge in [0.25, 0.3) is 5.56 Å². The lowest BCUT2D eigenvalue weighted by Crippen LogP contribution is -2.20. The molecule has 76 valence electrons. The molecule has 2 N–H and O–H groups in total. The van der Waals surface area contributed by atoms with Gasteiger partial charge in [-0.15, -0.1) is 0 Å². The lowest BCUT2D eigenvalue weighted by molar-refractivity contribution is 0.714. The maximum atomic E-state index is 11.5. The monoisotopic (exact) mass is 192 g/mol. The summed E-state index contributed by atoms with van der Waals surface area (Å²) in [5, 5.41) is 0. The van der Waals surface area contributed by atoms with Gasteiger partial charge < -0.3 is 5.73 Å². The first-order chi connectivity index (χ1) is 6.68. The van der Waals surface area contributed by atoms with Crippen molar-refractivity contribution in [1.29, 1.82) is 0 Å². The molecule has 1 aliphatic carbocycles. The van der Waals surface area contributed by atoms with Crippen molar-refractivity contribution in [3.05, 3.63) is 28.0 Å². The molecule has 0 aliphatic heterocycles. The minimum atomic E-state index is 0.00639. The van der Waals surface area contributed by atoms with Crippen LogP contribution in [0.5, 0.6) is 0 Å². The Labute approximate surface area is 83.5 Å². The van der Waals surface area contributed by atoms with Gasteiger partial charge in [0, 0.05) is 13.1 Å². The van der Waals surface area contributed by atoms with Gasteiger partial charge in [0.05, 0.1) is 0 Å². The third kappa shape index (κ3) is 1.54. The summed E-state index contributed by atoms with van der Waals surface area (Å²) in [6.45, 7) is 0. The molecular weight excluding hydrogens is 176 g/mol. The summed E-state index contributed by atoms with van der Waals surface area (Å²) in [5.74, 6) is 1.13. The Bertz CT molecular complexity index is 389. The van der Waals surface area contributed by atoms with Gasteiger partial charge >= 0.3 is 0 Å². The molecule has 0 saturated heterocycles. The van der Waals surface area contributed by atoms with Crippen LogP contribution < -0.4 is 11.3 Å². The molecule has 0 unspecified atom stereocenters. The minimum absolute atomic E-state index is 0.00639. The predicted octanol–water partition coefficient (Wildman–Crippen LogP) is 1.63. The van der Waals surface area contributed by atoms with E-state index in [-0.39, 0.29) is 5.56 Å². The molecule has 14 heavy (non-hydrogen) atoms. The van der Waals surface area contributed by atoms with E-state index >= 15 is 0 Å². The third-order valence-electron chi connectivity index (χ3n) is 3.15. The van der Waals surface area contributed by atoms with Crippen LogP contribution in [0.4, 0.5) is 5.82 Å². The molecule has 1 aliphatic rings. The first-order valence-corrected chi connectivity index (χ1v) is 5.15. The van der Waals surface area contributed by atoms with E-state index < -0.39 is 0 Å². The topological polar surface area (TPSA) is 48.0 Å². The molecule has 3 nitrogen and oxygen atoms in total. The van der Waals surface area contributed by atoms with Crippen molar-refractivity contribution < 1.29 is 0 Å². The number of hydrogen-bond acceptors (Lipinski definition) is 2. The second-order valence-electron chi connectivity index (χ2n) is 4.09. The smallest absolute Gasteiger partial charge is 0.252 e. The fourth-order valence-electron chi connectivity index (χ4n) is 2.17. The van der Waals surface area contributed by atoms with Gasteiger partial charge in [0.15, 0.2) is 0 Å². The molecule has 0 radical (unpaired) electrons. The maximum absolute atomic E-state index is 11.5. The normalized spacial score (nSPS) is 17.5. The van der Waals surface area contributed by atoms with Crippen LogP contribution in [0.1, 0.15) is 37.2 Å². The van der Waals surface area contributed by atoms with Crippen LogP contribution in [0, 0.1) is 0 Å². The fraction of sp³-hybridized carbons (Fsp3) is 0.545. The molecule has 0 amide bonds. The van der Waals surface area contributed by atoms with Gasteiger partial charge in [0.1, 0.15) is 5.82 Å². The van der Waals surface area contributed by atoms with Gasteiger partial charge in [-0.1, -0.05) is 12.8 Å². The summed E-state index contributed by atoms with van der Waals surface area (Å²) in [7, 11) is 1.70. The van der Waals surface area contributed by atoms with Crippen LogP contribution in [0.25, 0.3) is 0 Å². The number of aromatic nitrogens is 1. The number of pyridine rings is 1. The molecule has 1 aromatic rings. The highest BCUT2D eigenvalue weighted by Gasteiger charge is 2.18. The Morgan fingerprint density at radius 3 is 2.57 bits per heavy atom. The molecule has 0 atom stereocenters. The van der Waals surface area contributed by atoms with E-state index in [4.69, 9.17) is 5.73 Å². The van der Waals surface area contributed by atoms with Crippen LogP contribution in [0.15, 0.2) is 16.9 Å². The Hall–Kier alpha value is -1.25. The summed E-state index contributed by atoms with van der Waals surface area (Å²) in [5.41, 5.74) is 6.89. The van der Waals surface area contributed by atoms with Gasteiger partial charge in [-0.3, -0.25) is 9.36 Å². The number of nitrogen functional groups attached to an aromatic ring is 1. The van der Waals surface area contributed by atoms with E-state index in [1.165, 1.54) is 30.3 Å². The second kappa shape index (κ2) is 3.48. The average Bonchev–Trinajstić information content (AvgIpc) is 2.66. The lowest BCUT2D eigenvalue weighted by Gasteiger charge is -2.11. The van der Waals surface area contributed by atoms with E-state index in [0.29, 0.717) is 11.7 Å². The van der Waals surface area contributed by atoms with Crippen LogP contribution in [-0.4, -0.2) is 4.57 Å². The molecule has 2 rings (SSSR count). The van der Waals surface area contributed by atoms with Crippen LogP contribution in [0.3, 0.4) is 0 Å². The highest BCUT2D eigenvalue weighted by Crippen LogP contribution is 2.33. The lowest BCUT2D eigenvalue weighted by atomic mass is 9.99. The van der Waals surface area contributed by atoms with Crippen molar-refractivity contribution >= 4 is 5.82 Å². The largest absolute Gasteiger partial charge is 0.385 e. The van der Waals surface area contributed by atoms with Crippen molar-refractivity contribution in [2.45, 2.75) is 31.6 Å². The Morgan fingerprint density at radius 2 is 2.00 bits per heavy atom. The highest BCUT2D eigenvalue weighted by molar-refractivity contribution is 5.35. The summed E-state index contributed by atoms with van der Waals surface area (Å²) in [6, 6.07) is 3.67. The molecule has 1 saturated carbocycles. The fourth-order valence-corrected chi connectivity index (χ4v) is 2.17. The van der Waals surface area contributed by atoms with Crippen molar-refractivity contribution in [1.82, 2.24) is 4.57 Å². The predicted molar refractivity (Wildman–Crippen MR) is 57.3 cm³/mol. The van der Waals surface area contributed by atoms with Gasteiger partial charge in [-0.25, -0.2) is 0 Å². The molecule has 3 heteroatoms. The molecule has 1 heterocycles. The number of hydrogen-bond donors (Lipinski definition) is 1. The van der Waals surface area contributed by atoms with E-state index in [2.05, 4.69) is 0 Å². The molecular formula is C11H16N2O. The van der Waals surface area contributed by atoms with Gasteiger partial charge in [0.2, 0.25) is 0 Å². The number of anilines is 1. The zero-order valence-corrected chi connectivity index (χ0v) is 8.49. The van der Waals surface area contributed by atoms with E-state index in [1.54, 1.807) is 13.1 Å². The maximum Gasteiger partial charge on any atom is 0.252 e. The number of nitrogens with zero attached hydrogens (tertiary/aromatic N) is 1. The van der Waals surface area contributed by atoms with Crippen molar-refractivity contribution in [3.63, 3.8) is 0 Å². The molecule has 1 fully saturated rings. The summed E-state index contributed by atoms with van der Waals surface area (Å²) in [6.07, 6.45) is 4.96. The Balaban J connectivity index is 2.39. The summed E-state index contributed by atoms with van der Waals surface area (Å²) < 4.78 is 1.48. The third-order valence-corrected chi connectivity index (χ3v) is 3.15. The highest BCUT2D eigenvalue weighted by atomic mass is 16.1. The van der Waals surface area contributed by atoms with Crippen LogP contribution in [0.2, 0.25) is 0 Å². The quantitative estimate of drug-likeness (QED) is 0.735. The SMILES string of the molecule is Cn1c(N)cc(C2CCCC2)cc1=O. The van der Waals surface area contributed by atoms with Crippen LogP contribution >= 0.6 is 0 Å². The molecule has 0 aromatic carbocycles. The first-order valence-electron chi connectivity index (χ1n) is 5.15. The number of rotatable bonds is 1. The van der Waals surface area contributed by atoms with Crippen molar-refractivity contribution in [2.24, 2.45) is 7.05 Å². The van der Waals surface area contributed by atoms with Crippen molar-refractivity contribution in [2.75, 3.05) is 5.73 Å². The summed E-state index contributed by atoms with van der Waals surface area (Å²) >= 11 is 0. The second-order valence-corrected chi connectivity index (χ2v) is 4.09. The van der Waals surface area contributed by atoms with Crippen molar-refractivity contribution in [3.8, 4) is 0 Å². The average molecular weight is 192 g/mol. The Morgan fingerprint density at radius 1 is 1.36 bits per heavy atom. The Kier molecular flexibility index (Phi) is 2.32. The van der Waals surface area contributed by atoms with E-state index in [0.717, 1.165) is 5.56 Å². The first kappa shape index (κ1) is 9.31. The molecule has 0 bridgehead atoms. The van der Waals surface area contributed by atoms with E-state index in [9.17, 15) is 4.79 Å². The van der Waals surface area contributed by atoms with E-state index in [1.807, 2.05) is 6.07 Å².